The Balaban J connectivity index is 2.18. The molecule has 3 aromatic rings. The first-order chi connectivity index (χ1) is 10.6. The van der Waals surface area contributed by atoms with Crippen molar-refractivity contribution in [3.8, 4) is 11.5 Å². The zero-order chi connectivity index (χ0) is 15.7. The van der Waals surface area contributed by atoms with Crippen LogP contribution in [0.2, 0.25) is 0 Å². The van der Waals surface area contributed by atoms with Crippen molar-refractivity contribution < 1.29 is 17.9 Å². The average molecular weight is 317 g/mol. The highest BCUT2D eigenvalue weighted by Gasteiger charge is 2.20. The normalized spacial score (nSPS) is 11.5. The van der Waals surface area contributed by atoms with Gasteiger partial charge in [0, 0.05) is 17.6 Å². The van der Waals surface area contributed by atoms with Crippen LogP contribution in [0.1, 0.15) is 0 Å². The molecule has 0 fully saturated rings. The van der Waals surface area contributed by atoms with E-state index in [0.29, 0.717) is 17.0 Å². The lowest BCUT2D eigenvalue weighted by Gasteiger charge is -2.11. The molecule has 1 heterocycles. The zero-order valence-corrected chi connectivity index (χ0v) is 13.0. The molecule has 0 aliphatic rings. The Morgan fingerprint density at radius 2 is 1.64 bits per heavy atom. The first-order valence-corrected chi connectivity index (χ1v) is 8.05. The first kappa shape index (κ1) is 14.5. The van der Waals surface area contributed by atoms with Crippen molar-refractivity contribution in [3.63, 3.8) is 0 Å². The summed E-state index contributed by atoms with van der Waals surface area (Å²) in [4.78, 5) is 0.145. The predicted molar refractivity (Wildman–Crippen MR) is 84.1 cm³/mol. The molecule has 0 radical (unpaired) electrons. The van der Waals surface area contributed by atoms with Gasteiger partial charge in [-0.1, -0.05) is 18.2 Å². The summed E-state index contributed by atoms with van der Waals surface area (Å²) in [5.74, 6) is 0.860. The Labute approximate surface area is 128 Å². The van der Waals surface area contributed by atoms with Crippen molar-refractivity contribution in [2.45, 2.75) is 4.90 Å². The van der Waals surface area contributed by atoms with E-state index in [0.717, 1.165) is 5.39 Å². The third-order valence-corrected chi connectivity index (χ3v) is 5.16. The van der Waals surface area contributed by atoms with E-state index in [1.807, 2.05) is 18.2 Å². The molecular weight excluding hydrogens is 302 g/mol. The molecular formula is C16H15NO4S. The fourth-order valence-electron chi connectivity index (χ4n) is 2.36. The van der Waals surface area contributed by atoms with Crippen molar-refractivity contribution in [1.29, 1.82) is 0 Å². The number of methoxy groups -OCH3 is 2. The van der Waals surface area contributed by atoms with Crippen LogP contribution in [0.25, 0.3) is 10.9 Å². The molecule has 0 saturated heterocycles. The molecule has 2 aromatic carbocycles. The monoisotopic (exact) mass is 317 g/mol. The van der Waals surface area contributed by atoms with Crippen LogP contribution in [-0.2, 0) is 10.0 Å². The number of ether oxygens (including phenoxy) is 2. The van der Waals surface area contributed by atoms with E-state index in [1.54, 1.807) is 24.4 Å². The highest BCUT2D eigenvalue weighted by Crippen LogP contribution is 2.31. The van der Waals surface area contributed by atoms with Crippen LogP contribution in [0.3, 0.4) is 0 Å². The third-order valence-electron chi connectivity index (χ3n) is 3.48. The maximum Gasteiger partial charge on any atom is 0.268 e. The maximum absolute atomic E-state index is 12.8. The Morgan fingerprint density at radius 3 is 2.36 bits per heavy atom. The zero-order valence-electron chi connectivity index (χ0n) is 12.2. The lowest BCUT2D eigenvalue weighted by Crippen LogP contribution is -2.12. The Kier molecular flexibility index (Phi) is 3.54. The quantitative estimate of drug-likeness (QED) is 0.742. The molecule has 0 atom stereocenters. The van der Waals surface area contributed by atoms with Crippen LogP contribution < -0.4 is 9.47 Å². The molecule has 1 aromatic heterocycles. The number of hydrogen-bond acceptors (Lipinski definition) is 4. The molecule has 0 saturated carbocycles. The SMILES string of the molecule is COc1ccc(S(=O)(=O)n2ccc3ccccc32)cc1OC. The van der Waals surface area contributed by atoms with Crippen molar-refractivity contribution >= 4 is 20.9 Å². The number of rotatable bonds is 4. The summed E-state index contributed by atoms with van der Waals surface area (Å²) in [5, 5.41) is 0.867. The van der Waals surface area contributed by atoms with E-state index in [1.165, 1.54) is 30.3 Å². The predicted octanol–water partition coefficient (Wildman–Crippen LogP) is 2.90. The summed E-state index contributed by atoms with van der Waals surface area (Å²) in [5.41, 5.74) is 0.636. The van der Waals surface area contributed by atoms with E-state index < -0.39 is 10.0 Å². The Bertz CT molecular complexity index is 928. The fourth-order valence-corrected chi connectivity index (χ4v) is 3.73. The van der Waals surface area contributed by atoms with Gasteiger partial charge in [-0.05, 0) is 24.3 Å². The molecule has 0 aliphatic heterocycles. The minimum absolute atomic E-state index is 0.145. The fraction of sp³-hybridized carbons (Fsp3) is 0.125. The molecule has 3 rings (SSSR count). The number of aromatic nitrogens is 1. The van der Waals surface area contributed by atoms with Gasteiger partial charge in [0.2, 0.25) is 0 Å². The van der Waals surface area contributed by atoms with Gasteiger partial charge in [-0.25, -0.2) is 12.4 Å². The topological polar surface area (TPSA) is 57.5 Å². The lowest BCUT2D eigenvalue weighted by molar-refractivity contribution is 0.354. The van der Waals surface area contributed by atoms with E-state index in [4.69, 9.17) is 9.47 Å². The van der Waals surface area contributed by atoms with Crippen molar-refractivity contribution in [1.82, 2.24) is 3.97 Å². The van der Waals surface area contributed by atoms with Crippen molar-refractivity contribution in [2.24, 2.45) is 0 Å². The minimum Gasteiger partial charge on any atom is -0.493 e. The lowest BCUT2D eigenvalue weighted by atomic mass is 10.3. The van der Waals surface area contributed by atoms with E-state index >= 15 is 0 Å². The number of benzene rings is 2. The van der Waals surface area contributed by atoms with Gasteiger partial charge in [-0.2, -0.15) is 0 Å². The molecule has 0 N–H and O–H groups in total. The molecule has 114 valence electrons. The summed E-state index contributed by atoms with van der Waals surface area (Å²) in [7, 11) is -0.722. The highest BCUT2D eigenvalue weighted by atomic mass is 32.2. The minimum atomic E-state index is -3.70. The highest BCUT2D eigenvalue weighted by molar-refractivity contribution is 7.90. The van der Waals surface area contributed by atoms with Gasteiger partial charge < -0.3 is 9.47 Å². The molecule has 0 bridgehead atoms. The van der Waals surface area contributed by atoms with Crippen molar-refractivity contribution in [2.75, 3.05) is 14.2 Å². The maximum atomic E-state index is 12.8. The summed E-state index contributed by atoms with van der Waals surface area (Å²) < 4.78 is 37.3. The number of fused-ring (bicyclic) bond motifs is 1. The second-order valence-electron chi connectivity index (χ2n) is 4.69. The standard InChI is InChI=1S/C16H15NO4S/c1-20-15-8-7-13(11-16(15)21-2)22(18,19)17-10-9-12-5-3-4-6-14(12)17/h3-11H,1-2H3. The van der Waals surface area contributed by atoms with Crippen molar-refractivity contribution in [3.05, 3.63) is 54.7 Å². The summed E-state index contributed by atoms with van der Waals surface area (Å²) in [6.45, 7) is 0. The second kappa shape index (κ2) is 5.38. The van der Waals surface area contributed by atoms with Crippen LogP contribution >= 0.6 is 0 Å². The molecule has 6 heteroatoms. The van der Waals surface area contributed by atoms with Gasteiger partial charge in [0.25, 0.3) is 10.0 Å². The molecule has 0 amide bonds. The number of hydrogen-bond donors (Lipinski definition) is 0. The van der Waals surface area contributed by atoms with Gasteiger partial charge in [0.15, 0.2) is 11.5 Å². The van der Waals surface area contributed by atoms with Crippen LogP contribution in [0.15, 0.2) is 59.6 Å². The van der Waals surface area contributed by atoms with Gasteiger partial charge in [0.1, 0.15) is 0 Å². The summed E-state index contributed by atoms with van der Waals surface area (Å²) in [6.07, 6.45) is 1.55. The number of para-hydroxylation sites is 1. The third kappa shape index (κ3) is 2.21. The first-order valence-electron chi connectivity index (χ1n) is 6.61. The second-order valence-corrected chi connectivity index (χ2v) is 6.51. The number of nitrogens with zero attached hydrogens (tertiary/aromatic N) is 1. The molecule has 0 spiro atoms. The van der Waals surface area contributed by atoms with Crippen LogP contribution in [0.5, 0.6) is 11.5 Å². The Hall–Kier alpha value is -2.47. The average Bonchev–Trinajstić information content (AvgIpc) is 2.98. The van der Waals surface area contributed by atoms with Crippen LogP contribution in [-0.4, -0.2) is 26.6 Å². The molecule has 22 heavy (non-hydrogen) atoms. The van der Waals surface area contributed by atoms with Crippen LogP contribution in [0.4, 0.5) is 0 Å². The molecule has 0 aliphatic carbocycles. The smallest absolute Gasteiger partial charge is 0.268 e. The van der Waals surface area contributed by atoms with E-state index in [9.17, 15) is 8.42 Å². The van der Waals surface area contributed by atoms with E-state index in [-0.39, 0.29) is 4.90 Å². The summed E-state index contributed by atoms with van der Waals surface area (Å²) in [6, 6.07) is 13.6. The van der Waals surface area contributed by atoms with Gasteiger partial charge >= 0.3 is 0 Å². The van der Waals surface area contributed by atoms with Gasteiger partial charge in [-0.3, -0.25) is 0 Å². The molecule has 0 unspecified atom stereocenters. The molecule has 5 nitrogen and oxygen atoms in total. The van der Waals surface area contributed by atoms with E-state index in [2.05, 4.69) is 0 Å². The van der Waals surface area contributed by atoms with Gasteiger partial charge in [-0.15, -0.1) is 0 Å². The summed E-state index contributed by atoms with van der Waals surface area (Å²) >= 11 is 0. The Morgan fingerprint density at radius 1 is 0.909 bits per heavy atom. The van der Waals surface area contributed by atoms with Gasteiger partial charge in [0.05, 0.1) is 24.6 Å². The largest absolute Gasteiger partial charge is 0.493 e. The van der Waals surface area contributed by atoms with Crippen LogP contribution in [0, 0.1) is 0 Å².